The van der Waals surface area contributed by atoms with Gasteiger partial charge in [0.1, 0.15) is 6.04 Å². The van der Waals surface area contributed by atoms with Crippen LogP contribution < -0.4 is 21.4 Å². The highest BCUT2D eigenvalue weighted by Gasteiger charge is 2.25. The van der Waals surface area contributed by atoms with Gasteiger partial charge in [0.25, 0.3) is 11.8 Å². The molecule has 0 radical (unpaired) electrons. The van der Waals surface area contributed by atoms with Crippen LogP contribution in [0.25, 0.3) is 0 Å². The Morgan fingerprint density at radius 1 is 0.844 bits per heavy atom. The predicted molar refractivity (Wildman–Crippen MR) is 171 cm³/mol. The Balaban J connectivity index is 1.14. The first-order valence-corrected chi connectivity index (χ1v) is 14.9. The number of aliphatic hydroxyl groups excluding tert-OH is 1. The van der Waals surface area contributed by atoms with Gasteiger partial charge in [-0.15, -0.1) is 0 Å². The van der Waals surface area contributed by atoms with E-state index in [0.29, 0.717) is 11.3 Å². The zero-order chi connectivity index (χ0) is 32.0. The molecule has 11 nitrogen and oxygen atoms in total. The molecule has 2 unspecified atom stereocenters. The molecule has 2 atom stereocenters. The minimum Gasteiger partial charge on any atom is -0.391 e. The molecule has 4 rings (SSSR count). The summed E-state index contributed by atoms with van der Waals surface area (Å²) in [6, 6.07) is 22.9. The molecule has 1 aliphatic heterocycles. The lowest BCUT2D eigenvalue weighted by molar-refractivity contribution is -0.133. The van der Waals surface area contributed by atoms with Gasteiger partial charge in [-0.2, -0.15) is 0 Å². The molecule has 1 heterocycles. The second-order valence-corrected chi connectivity index (χ2v) is 10.9. The van der Waals surface area contributed by atoms with Crippen LogP contribution in [0.15, 0.2) is 78.9 Å². The topological polar surface area (TPSA) is 146 Å². The van der Waals surface area contributed by atoms with Crippen LogP contribution in [-0.4, -0.2) is 95.8 Å². The van der Waals surface area contributed by atoms with E-state index in [1.54, 1.807) is 36.4 Å². The smallest absolute Gasteiger partial charge is 0.268 e. The molecule has 0 saturated carbocycles. The Kier molecular flexibility index (Phi) is 12.6. The molecule has 6 N–H and O–H groups in total. The number of carbonyl (C=O) groups is 3. The molecule has 3 aromatic carbocycles. The molecule has 1 saturated heterocycles. The first-order valence-electron chi connectivity index (χ1n) is 14.9. The highest BCUT2D eigenvalue weighted by molar-refractivity contribution is 5.97. The van der Waals surface area contributed by atoms with E-state index in [-0.39, 0.29) is 18.0 Å². The second kappa shape index (κ2) is 17.1. The van der Waals surface area contributed by atoms with E-state index in [0.717, 1.165) is 51.4 Å². The minimum atomic E-state index is -1.30. The van der Waals surface area contributed by atoms with Gasteiger partial charge in [-0.25, -0.2) is 5.48 Å². The minimum absolute atomic E-state index is 0.109. The SMILES string of the molecule is CC(O)C(NC(=O)c1ccc(C#Cc2ccc(NC(=O)CNCCN3CCN(Cc4ccccc4)CC3)cc2)cc1)C(=O)NO. The summed E-state index contributed by atoms with van der Waals surface area (Å²) >= 11 is 0. The zero-order valence-corrected chi connectivity index (χ0v) is 25.3. The zero-order valence-electron chi connectivity index (χ0n) is 25.3. The molecule has 3 amide bonds. The highest BCUT2D eigenvalue weighted by atomic mass is 16.5. The largest absolute Gasteiger partial charge is 0.391 e. The number of hydroxylamine groups is 1. The number of carbonyl (C=O) groups excluding carboxylic acids is 3. The number of hydrogen-bond donors (Lipinski definition) is 6. The quantitative estimate of drug-likeness (QED) is 0.0780. The average Bonchev–Trinajstić information content (AvgIpc) is 3.06. The third-order valence-electron chi connectivity index (χ3n) is 7.43. The number of nitrogens with zero attached hydrogens (tertiary/aromatic N) is 2. The third-order valence-corrected chi connectivity index (χ3v) is 7.43. The Bertz CT molecular complexity index is 1460. The predicted octanol–water partition coefficient (Wildman–Crippen LogP) is 1.42. The molecule has 0 aliphatic carbocycles. The number of piperazine rings is 1. The van der Waals surface area contributed by atoms with Gasteiger partial charge in [-0.05, 0) is 61.0 Å². The number of benzene rings is 3. The van der Waals surface area contributed by atoms with E-state index in [1.807, 2.05) is 18.2 Å². The van der Waals surface area contributed by atoms with E-state index >= 15 is 0 Å². The van der Waals surface area contributed by atoms with Crippen molar-refractivity contribution < 1.29 is 24.7 Å². The van der Waals surface area contributed by atoms with E-state index in [9.17, 15) is 19.5 Å². The van der Waals surface area contributed by atoms with Crippen molar-refractivity contribution in [3.63, 3.8) is 0 Å². The molecule has 1 fully saturated rings. The number of nitrogens with one attached hydrogen (secondary N) is 4. The van der Waals surface area contributed by atoms with Crippen molar-refractivity contribution >= 4 is 23.4 Å². The van der Waals surface area contributed by atoms with E-state index < -0.39 is 24.0 Å². The number of anilines is 1. The van der Waals surface area contributed by atoms with Crippen LogP contribution in [0.3, 0.4) is 0 Å². The van der Waals surface area contributed by atoms with Crippen LogP contribution in [0.5, 0.6) is 0 Å². The monoisotopic (exact) mass is 612 g/mol. The summed E-state index contributed by atoms with van der Waals surface area (Å²) in [6.45, 7) is 8.34. The van der Waals surface area contributed by atoms with Crippen LogP contribution in [0.1, 0.15) is 34.0 Å². The van der Waals surface area contributed by atoms with Gasteiger partial charge >= 0.3 is 0 Å². The normalized spacial score (nSPS) is 14.8. The van der Waals surface area contributed by atoms with Crippen LogP contribution in [0, 0.1) is 11.8 Å². The van der Waals surface area contributed by atoms with Crippen molar-refractivity contribution in [3.05, 3.63) is 101 Å². The molecule has 3 aromatic rings. The summed E-state index contributed by atoms with van der Waals surface area (Å²) in [7, 11) is 0. The first-order chi connectivity index (χ1) is 21.8. The maximum absolute atomic E-state index is 12.4. The van der Waals surface area contributed by atoms with Gasteiger partial charge in [-0.1, -0.05) is 42.2 Å². The Hall–Kier alpha value is -4.57. The molecule has 11 heteroatoms. The van der Waals surface area contributed by atoms with E-state index in [4.69, 9.17) is 5.21 Å². The van der Waals surface area contributed by atoms with Crippen molar-refractivity contribution in [2.45, 2.75) is 25.6 Å². The van der Waals surface area contributed by atoms with Crippen molar-refractivity contribution in [2.24, 2.45) is 0 Å². The highest BCUT2D eigenvalue weighted by Crippen LogP contribution is 2.11. The number of hydrogen-bond acceptors (Lipinski definition) is 8. The first kappa shape index (κ1) is 33.3. The Morgan fingerprint density at radius 2 is 1.44 bits per heavy atom. The van der Waals surface area contributed by atoms with Gasteiger partial charge in [0.2, 0.25) is 5.91 Å². The molecule has 0 bridgehead atoms. The van der Waals surface area contributed by atoms with Crippen molar-refractivity contribution in [3.8, 4) is 11.8 Å². The maximum atomic E-state index is 12.4. The summed E-state index contributed by atoms with van der Waals surface area (Å²) in [4.78, 5) is 41.4. The van der Waals surface area contributed by atoms with Crippen molar-refractivity contribution in [1.29, 1.82) is 0 Å². The average molecular weight is 613 g/mol. The van der Waals surface area contributed by atoms with Crippen molar-refractivity contribution in [2.75, 3.05) is 51.1 Å². The van der Waals surface area contributed by atoms with E-state index in [2.05, 4.69) is 61.9 Å². The number of rotatable bonds is 12. The fraction of sp³-hybridized carbons (Fsp3) is 0.324. The lowest BCUT2D eigenvalue weighted by Crippen LogP contribution is -2.51. The molecular weight excluding hydrogens is 572 g/mol. The van der Waals surface area contributed by atoms with Crippen LogP contribution in [-0.2, 0) is 16.1 Å². The van der Waals surface area contributed by atoms with Crippen LogP contribution in [0.2, 0.25) is 0 Å². The van der Waals surface area contributed by atoms with Gasteiger partial charge in [-0.3, -0.25) is 29.4 Å². The molecule has 1 aliphatic rings. The molecule has 236 valence electrons. The lowest BCUT2D eigenvalue weighted by Gasteiger charge is -2.34. The van der Waals surface area contributed by atoms with Gasteiger partial charge < -0.3 is 21.1 Å². The summed E-state index contributed by atoms with van der Waals surface area (Å²) in [5.74, 6) is 4.47. The summed E-state index contributed by atoms with van der Waals surface area (Å²) < 4.78 is 0. The molecule has 45 heavy (non-hydrogen) atoms. The Morgan fingerprint density at radius 3 is 2.04 bits per heavy atom. The van der Waals surface area contributed by atoms with Gasteiger partial charge in [0.05, 0.1) is 12.6 Å². The van der Waals surface area contributed by atoms with Crippen LogP contribution in [0.4, 0.5) is 5.69 Å². The van der Waals surface area contributed by atoms with Gasteiger partial charge in [0.15, 0.2) is 0 Å². The number of aliphatic hydroxyl groups is 1. The molecule has 0 aromatic heterocycles. The number of amides is 3. The second-order valence-electron chi connectivity index (χ2n) is 10.9. The van der Waals surface area contributed by atoms with Crippen LogP contribution >= 0.6 is 0 Å². The standard InChI is InChI=1S/C34H40N6O5/c1-25(41)32(34(44)38-45)37-33(43)29-13-9-26(10-14-29)7-8-27-11-15-30(16-12-27)36-31(42)23-35-17-18-39-19-21-40(22-20-39)24-28-5-3-2-4-6-28/h2-6,9-16,25,32,35,41,45H,17-24H2,1H3,(H,36,42)(H,37,43)(H,38,44). The summed E-state index contributed by atoms with van der Waals surface area (Å²) in [6.07, 6.45) is -1.20. The molecular formula is C34H40N6O5. The fourth-order valence-corrected chi connectivity index (χ4v) is 4.84. The third kappa shape index (κ3) is 10.8. The molecule has 0 spiro atoms. The van der Waals surface area contributed by atoms with E-state index in [1.165, 1.54) is 18.0 Å². The van der Waals surface area contributed by atoms with Crippen molar-refractivity contribution in [1.82, 2.24) is 25.9 Å². The summed E-state index contributed by atoms with van der Waals surface area (Å²) in [5, 5.41) is 27.0. The Labute approximate surface area is 263 Å². The van der Waals surface area contributed by atoms with Gasteiger partial charge in [0, 0.05) is 68.2 Å². The fourth-order valence-electron chi connectivity index (χ4n) is 4.84. The maximum Gasteiger partial charge on any atom is 0.268 e. The lowest BCUT2D eigenvalue weighted by atomic mass is 10.1. The summed E-state index contributed by atoms with van der Waals surface area (Å²) in [5.41, 5.74) is 5.15.